The number of imidazole rings is 1. The highest BCUT2D eigenvalue weighted by molar-refractivity contribution is 5.71. The third-order valence-electron chi connectivity index (χ3n) is 1.35. The molecular formula is C7H11N3O. The van der Waals surface area contributed by atoms with Crippen LogP contribution in [0.2, 0.25) is 0 Å². The van der Waals surface area contributed by atoms with Gasteiger partial charge in [-0.15, -0.1) is 0 Å². The van der Waals surface area contributed by atoms with Crippen LogP contribution in [0.15, 0.2) is 12.5 Å². The van der Waals surface area contributed by atoms with Gasteiger partial charge in [-0.2, -0.15) is 0 Å². The second-order valence-electron chi connectivity index (χ2n) is 2.57. The van der Waals surface area contributed by atoms with E-state index in [1.165, 1.54) is 6.20 Å². The van der Waals surface area contributed by atoms with Crippen molar-refractivity contribution in [2.75, 3.05) is 0 Å². The molecule has 4 heteroatoms. The highest BCUT2D eigenvalue weighted by Gasteiger charge is 2.01. The molecule has 1 unspecified atom stereocenters. The molecule has 1 aromatic heterocycles. The Kier molecular flexibility index (Phi) is 2.38. The zero-order valence-corrected chi connectivity index (χ0v) is 6.40. The monoisotopic (exact) mass is 153 g/mol. The summed E-state index contributed by atoms with van der Waals surface area (Å²) < 4.78 is 1.73. The summed E-state index contributed by atoms with van der Waals surface area (Å²) >= 11 is 0. The molecule has 0 aliphatic carbocycles. The molecule has 60 valence electrons. The quantitative estimate of drug-likeness (QED) is 0.624. The van der Waals surface area contributed by atoms with E-state index in [1.807, 2.05) is 6.92 Å². The van der Waals surface area contributed by atoms with Crippen molar-refractivity contribution in [3.8, 4) is 0 Å². The molecule has 2 N–H and O–H groups in total. The Morgan fingerprint density at radius 2 is 2.64 bits per heavy atom. The number of rotatable bonds is 3. The maximum atomic E-state index is 10.4. The van der Waals surface area contributed by atoms with E-state index in [-0.39, 0.29) is 6.04 Å². The first-order valence-electron chi connectivity index (χ1n) is 3.45. The Balaban J connectivity index is 2.76. The minimum absolute atomic E-state index is 0.0444. The Morgan fingerprint density at radius 1 is 1.91 bits per heavy atom. The predicted molar refractivity (Wildman–Crippen MR) is 41.3 cm³/mol. The lowest BCUT2D eigenvalue weighted by Crippen LogP contribution is -2.22. The normalized spacial score (nSPS) is 12.9. The van der Waals surface area contributed by atoms with Crippen molar-refractivity contribution in [1.82, 2.24) is 9.55 Å². The van der Waals surface area contributed by atoms with E-state index in [4.69, 9.17) is 5.73 Å². The molecule has 4 nitrogen and oxygen atoms in total. The fraction of sp³-hybridized carbons (Fsp3) is 0.429. The van der Waals surface area contributed by atoms with Crippen LogP contribution in [-0.2, 0) is 6.54 Å². The summed E-state index contributed by atoms with van der Waals surface area (Å²) in [6, 6.07) is 0.0444. The van der Waals surface area contributed by atoms with Crippen LogP contribution in [-0.4, -0.2) is 21.9 Å². The number of nitrogens with two attached hydrogens (primary N) is 1. The summed E-state index contributed by atoms with van der Waals surface area (Å²) in [5.74, 6) is 0. The van der Waals surface area contributed by atoms with Crippen molar-refractivity contribution in [2.24, 2.45) is 5.73 Å². The van der Waals surface area contributed by atoms with Crippen LogP contribution in [0, 0.1) is 0 Å². The van der Waals surface area contributed by atoms with Gasteiger partial charge in [-0.1, -0.05) is 0 Å². The molecule has 0 amide bonds. The second-order valence-corrected chi connectivity index (χ2v) is 2.57. The summed E-state index contributed by atoms with van der Waals surface area (Å²) in [6.45, 7) is 2.52. The highest BCUT2D eigenvalue weighted by Crippen LogP contribution is 1.95. The zero-order valence-electron chi connectivity index (χ0n) is 6.40. The van der Waals surface area contributed by atoms with Crippen molar-refractivity contribution in [2.45, 2.75) is 19.5 Å². The number of carbonyl (C=O) groups is 1. The van der Waals surface area contributed by atoms with Gasteiger partial charge in [-0.3, -0.25) is 4.79 Å². The van der Waals surface area contributed by atoms with E-state index in [0.717, 1.165) is 6.29 Å². The first-order chi connectivity index (χ1) is 5.24. The number of hydrogen-bond donors (Lipinski definition) is 1. The maximum absolute atomic E-state index is 10.4. The van der Waals surface area contributed by atoms with Crippen molar-refractivity contribution in [3.63, 3.8) is 0 Å². The number of aromatic nitrogens is 2. The average Bonchev–Trinajstić information content (AvgIpc) is 2.34. The van der Waals surface area contributed by atoms with Crippen molar-refractivity contribution >= 4 is 6.29 Å². The van der Waals surface area contributed by atoms with Gasteiger partial charge in [0.25, 0.3) is 0 Å². The molecule has 0 aliphatic rings. The third kappa shape index (κ3) is 1.88. The van der Waals surface area contributed by atoms with Crippen LogP contribution in [0.3, 0.4) is 0 Å². The van der Waals surface area contributed by atoms with Crippen molar-refractivity contribution in [3.05, 3.63) is 18.2 Å². The fourth-order valence-corrected chi connectivity index (χ4v) is 0.892. The molecular weight excluding hydrogens is 142 g/mol. The predicted octanol–water partition coefficient (Wildman–Crippen LogP) is 0.0428. The summed E-state index contributed by atoms with van der Waals surface area (Å²) in [6.07, 6.45) is 3.90. The first-order valence-corrected chi connectivity index (χ1v) is 3.45. The minimum atomic E-state index is 0.0444. The van der Waals surface area contributed by atoms with E-state index in [0.29, 0.717) is 12.2 Å². The Labute approximate surface area is 65.0 Å². The van der Waals surface area contributed by atoms with Crippen LogP contribution in [0.5, 0.6) is 0 Å². The van der Waals surface area contributed by atoms with Crippen molar-refractivity contribution < 1.29 is 4.79 Å². The second kappa shape index (κ2) is 3.30. The van der Waals surface area contributed by atoms with Gasteiger partial charge in [0, 0.05) is 12.6 Å². The lowest BCUT2D eigenvalue weighted by molar-refractivity contribution is 0.111. The van der Waals surface area contributed by atoms with Gasteiger partial charge >= 0.3 is 0 Å². The van der Waals surface area contributed by atoms with Crippen LogP contribution >= 0.6 is 0 Å². The summed E-state index contributed by atoms with van der Waals surface area (Å²) in [5, 5.41) is 0. The molecule has 0 bridgehead atoms. The van der Waals surface area contributed by atoms with Gasteiger partial charge in [0.05, 0.1) is 12.5 Å². The molecule has 1 aromatic rings. The molecule has 1 heterocycles. The molecule has 0 saturated carbocycles. The van der Waals surface area contributed by atoms with Gasteiger partial charge in [-0.25, -0.2) is 4.98 Å². The highest BCUT2D eigenvalue weighted by atomic mass is 16.1. The van der Waals surface area contributed by atoms with Crippen LogP contribution in [0.25, 0.3) is 0 Å². The molecule has 0 radical (unpaired) electrons. The van der Waals surface area contributed by atoms with E-state index < -0.39 is 0 Å². The lowest BCUT2D eigenvalue weighted by atomic mass is 10.3. The van der Waals surface area contributed by atoms with Crippen molar-refractivity contribution in [1.29, 1.82) is 0 Å². The molecule has 0 aromatic carbocycles. The molecule has 0 fully saturated rings. The molecule has 0 saturated heterocycles. The van der Waals surface area contributed by atoms with Gasteiger partial charge in [0.15, 0.2) is 6.29 Å². The van der Waals surface area contributed by atoms with E-state index in [1.54, 1.807) is 10.9 Å². The molecule has 11 heavy (non-hydrogen) atoms. The van der Waals surface area contributed by atoms with Crippen LogP contribution < -0.4 is 5.73 Å². The Morgan fingerprint density at radius 3 is 3.18 bits per heavy atom. The topological polar surface area (TPSA) is 60.9 Å². The lowest BCUT2D eigenvalue weighted by Gasteiger charge is -2.06. The summed E-state index contributed by atoms with van der Waals surface area (Å²) in [4.78, 5) is 14.2. The first kappa shape index (κ1) is 7.94. The third-order valence-corrected chi connectivity index (χ3v) is 1.35. The number of hydrogen-bond acceptors (Lipinski definition) is 3. The van der Waals surface area contributed by atoms with E-state index in [9.17, 15) is 4.79 Å². The maximum Gasteiger partial charge on any atom is 0.168 e. The minimum Gasteiger partial charge on any atom is -0.327 e. The number of aldehydes is 1. The smallest absolute Gasteiger partial charge is 0.168 e. The fourth-order valence-electron chi connectivity index (χ4n) is 0.892. The average molecular weight is 153 g/mol. The summed E-state index contributed by atoms with van der Waals surface area (Å²) in [5.41, 5.74) is 6.11. The van der Waals surface area contributed by atoms with E-state index >= 15 is 0 Å². The van der Waals surface area contributed by atoms with Crippen LogP contribution in [0.1, 0.15) is 17.4 Å². The van der Waals surface area contributed by atoms with Gasteiger partial charge in [0.2, 0.25) is 0 Å². The molecule has 1 rings (SSSR count). The zero-order chi connectivity index (χ0) is 8.27. The SMILES string of the molecule is CC(N)Cn1cncc1C=O. The van der Waals surface area contributed by atoms with Gasteiger partial charge < -0.3 is 10.3 Å². The summed E-state index contributed by atoms with van der Waals surface area (Å²) in [7, 11) is 0. The standard InChI is InChI=1S/C7H11N3O/c1-6(8)3-10-5-9-2-7(10)4-11/h2,4-6H,3,8H2,1H3. The largest absolute Gasteiger partial charge is 0.327 e. The molecule has 0 spiro atoms. The van der Waals surface area contributed by atoms with Gasteiger partial charge in [-0.05, 0) is 6.92 Å². The van der Waals surface area contributed by atoms with Crippen LogP contribution in [0.4, 0.5) is 0 Å². The Bertz CT molecular complexity index is 242. The Hall–Kier alpha value is -1.16. The molecule has 0 aliphatic heterocycles. The van der Waals surface area contributed by atoms with E-state index in [2.05, 4.69) is 4.98 Å². The number of carbonyl (C=O) groups excluding carboxylic acids is 1. The molecule has 1 atom stereocenters. The number of nitrogens with zero attached hydrogens (tertiary/aromatic N) is 2. The van der Waals surface area contributed by atoms with Gasteiger partial charge in [0.1, 0.15) is 5.69 Å².